The van der Waals surface area contributed by atoms with Gasteiger partial charge in [-0.05, 0) is 51.8 Å². The summed E-state index contributed by atoms with van der Waals surface area (Å²) in [5.41, 5.74) is 0.966. The van der Waals surface area contributed by atoms with Crippen molar-refractivity contribution in [3.8, 4) is 0 Å². The van der Waals surface area contributed by atoms with E-state index >= 15 is 0 Å². The van der Waals surface area contributed by atoms with Crippen LogP contribution in [-0.2, 0) is 9.47 Å². The summed E-state index contributed by atoms with van der Waals surface area (Å²) in [5, 5.41) is 0. The molecule has 1 heterocycles. The molecule has 2 unspecified atom stereocenters. The van der Waals surface area contributed by atoms with Crippen LogP contribution in [0.4, 0.5) is 4.79 Å². The van der Waals surface area contributed by atoms with Crippen molar-refractivity contribution in [2.24, 2.45) is 0 Å². The van der Waals surface area contributed by atoms with Crippen molar-refractivity contribution < 1.29 is 19.1 Å². The minimum absolute atomic E-state index is 0.0864. The second-order valence-electron chi connectivity index (χ2n) is 7.08. The molecular weight excluding hydrogens is 330 g/mol. The van der Waals surface area contributed by atoms with E-state index in [2.05, 4.69) is 0 Å². The van der Waals surface area contributed by atoms with E-state index in [4.69, 9.17) is 21.1 Å². The molecule has 2 atom stereocenters. The van der Waals surface area contributed by atoms with Gasteiger partial charge in [-0.3, -0.25) is 0 Å². The molecule has 24 heavy (non-hydrogen) atoms. The number of nitrogens with zero attached hydrogens (tertiary/aromatic N) is 1. The summed E-state index contributed by atoms with van der Waals surface area (Å²) in [5.74, 6) is -0.279. The van der Waals surface area contributed by atoms with E-state index in [1.54, 1.807) is 11.0 Å². The molecular formula is C18H24ClNO4. The number of benzene rings is 1. The Hall–Kier alpha value is -1.75. The van der Waals surface area contributed by atoms with Gasteiger partial charge in [-0.2, -0.15) is 0 Å². The Morgan fingerprint density at radius 1 is 1.33 bits per heavy atom. The fourth-order valence-electron chi connectivity index (χ4n) is 2.90. The zero-order valence-electron chi connectivity index (χ0n) is 14.5. The lowest BCUT2D eigenvalue weighted by Gasteiger charge is -2.27. The maximum Gasteiger partial charge on any atom is 0.410 e. The predicted octanol–water partition coefficient (Wildman–Crippen LogP) is 4.15. The molecule has 0 aliphatic carbocycles. The highest BCUT2D eigenvalue weighted by Crippen LogP contribution is 2.33. The molecule has 132 valence electrons. The molecule has 0 spiro atoms. The maximum atomic E-state index is 12.3. The van der Waals surface area contributed by atoms with Crippen LogP contribution in [0.5, 0.6) is 0 Å². The first-order chi connectivity index (χ1) is 11.2. The summed E-state index contributed by atoms with van der Waals surface area (Å²) >= 11 is 5.44. The van der Waals surface area contributed by atoms with Crippen LogP contribution >= 0.6 is 11.6 Å². The summed E-state index contributed by atoms with van der Waals surface area (Å²) in [6, 6.07) is 7.21. The standard InChI is InChI=1S/C18H24ClNO4/c1-12-8-15(10-20(12)17(22)24-18(2,3)4)13-6-5-7-14(9-13)16(21)23-11-19/h5-7,9,12,15H,8,10-11H2,1-4H3. The fourth-order valence-corrected chi connectivity index (χ4v) is 3.00. The van der Waals surface area contributed by atoms with Crippen molar-refractivity contribution in [1.29, 1.82) is 0 Å². The lowest BCUT2D eigenvalue weighted by molar-refractivity contribution is 0.0237. The average molecular weight is 354 g/mol. The molecule has 1 aliphatic rings. The molecule has 2 rings (SSSR count). The van der Waals surface area contributed by atoms with Gasteiger partial charge in [0, 0.05) is 18.5 Å². The molecule has 1 fully saturated rings. The number of likely N-dealkylation sites (tertiary alicyclic amines) is 1. The first-order valence-corrected chi connectivity index (χ1v) is 8.57. The van der Waals surface area contributed by atoms with Crippen LogP contribution in [0, 0.1) is 0 Å². The van der Waals surface area contributed by atoms with Gasteiger partial charge in [-0.15, -0.1) is 0 Å². The number of amides is 1. The molecule has 0 N–H and O–H groups in total. The Morgan fingerprint density at radius 2 is 2.04 bits per heavy atom. The van der Waals surface area contributed by atoms with E-state index in [1.807, 2.05) is 45.9 Å². The molecule has 1 aromatic carbocycles. The fraction of sp³-hybridized carbons (Fsp3) is 0.556. The Balaban J connectivity index is 2.10. The first-order valence-electron chi connectivity index (χ1n) is 8.04. The highest BCUT2D eigenvalue weighted by Gasteiger charge is 2.35. The zero-order chi connectivity index (χ0) is 17.9. The van der Waals surface area contributed by atoms with Gasteiger partial charge >= 0.3 is 12.1 Å². The van der Waals surface area contributed by atoms with Gasteiger partial charge in [0.2, 0.25) is 0 Å². The molecule has 1 aromatic rings. The maximum absolute atomic E-state index is 12.3. The normalized spacial score (nSPS) is 20.8. The van der Waals surface area contributed by atoms with E-state index in [1.165, 1.54) is 0 Å². The van der Waals surface area contributed by atoms with Gasteiger partial charge in [0.1, 0.15) is 5.60 Å². The van der Waals surface area contributed by atoms with Gasteiger partial charge in [-0.1, -0.05) is 23.7 Å². The highest BCUT2D eigenvalue weighted by atomic mass is 35.5. The van der Waals surface area contributed by atoms with Crippen LogP contribution < -0.4 is 0 Å². The summed E-state index contributed by atoms with van der Waals surface area (Å²) < 4.78 is 10.3. The van der Waals surface area contributed by atoms with Crippen LogP contribution in [0.2, 0.25) is 0 Å². The zero-order valence-corrected chi connectivity index (χ0v) is 15.3. The number of rotatable bonds is 3. The largest absolute Gasteiger partial charge is 0.446 e. The van der Waals surface area contributed by atoms with Gasteiger partial charge < -0.3 is 14.4 Å². The summed E-state index contributed by atoms with van der Waals surface area (Å²) in [6.07, 6.45) is 0.531. The van der Waals surface area contributed by atoms with Gasteiger partial charge in [-0.25, -0.2) is 9.59 Å². The number of hydrogen-bond acceptors (Lipinski definition) is 4. The topological polar surface area (TPSA) is 55.8 Å². The summed E-state index contributed by atoms with van der Waals surface area (Å²) in [7, 11) is 0. The second-order valence-corrected chi connectivity index (χ2v) is 7.30. The van der Waals surface area contributed by atoms with E-state index in [0.717, 1.165) is 12.0 Å². The molecule has 0 bridgehead atoms. The number of ether oxygens (including phenoxy) is 2. The molecule has 1 amide bonds. The van der Waals surface area contributed by atoms with Crippen molar-refractivity contribution in [3.63, 3.8) is 0 Å². The van der Waals surface area contributed by atoms with Crippen LogP contribution in [0.15, 0.2) is 24.3 Å². The molecule has 5 nitrogen and oxygen atoms in total. The Labute approximate surface area is 147 Å². The van der Waals surface area contributed by atoms with Crippen molar-refractivity contribution in [1.82, 2.24) is 4.90 Å². The Morgan fingerprint density at radius 3 is 2.67 bits per heavy atom. The SMILES string of the molecule is CC1CC(c2cccc(C(=O)OCCl)c2)CN1C(=O)OC(C)(C)C. The highest BCUT2D eigenvalue weighted by molar-refractivity contribution is 6.17. The third kappa shape index (κ3) is 4.63. The minimum Gasteiger partial charge on any atom is -0.446 e. The smallest absolute Gasteiger partial charge is 0.410 e. The molecule has 0 aromatic heterocycles. The van der Waals surface area contributed by atoms with Crippen molar-refractivity contribution >= 4 is 23.7 Å². The van der Waals surface area contributed by atoms with E-state index < -0.39 is 11.6 Å². The molecule has 1 saturated heterocycles. The summed E-state index contributed by atoms with van der Waals surface area (Å²) in [4.78, 5) is 25.9. The molecule has 6 heteroatoms. The molecule has 0 radical (unpaired) electrons. The lowest BCUT2D eigenvalue weighted by Crippen LogP contribution is -2.38. The molecule has 1 aliphatic heterocycles. The van der Waals surface area contributed by atoms with Gasteiger partial charge in [0.15, 0.2) is 6.07 Å². The molecule has 0 saturated carbocycles. The van der Waals surface area contributed by atoms with Gasteiger partial charge in [0.05, 0.1) is 5.56 Å². The van der Waals surface area contributed by atoms with E-state index in [0.29, 0.717) is 12.1 Å². The predicted molar refractivity (Wildman–Crippen MR) is 92.3 cm³/mol. The van der Waals surface area contributed by atoms with E-state index in [-0.39, 0.29) is 24.1 Å². The third-order valence-electron chi connectivity index (χ3n) is 3.98. The number of alkyl halides is 1. The first kappa shape index (κ1) is 18.6. The monoisotopic (exact) mass is 353 g/mol. The lowest BCUT2D eigenvalue weighted by atomic mass is 9.95. The van der Waals surface area contributed by atoms with Crippen molar-refractivity contribution in [3.05, 3.63) is 35.4 Å². The van der Waals surface area contributed by atoms with Crippen LogP contribution in [-0.4, -0.2) is 41.2 Å². The number of carbonyl (C=O) groups excluding carboxylic acids is 2. The van der Waals surface area contributed by atoms with E-state index in [9.17, 15) is 9.59 Å². The van der Waals surface area contributed by atoms with Crippen LogP contribution in [0.1, 0.15) is 56.0 Å². The van der Waals surface area contributed by atoms with Gasteiger partial charge in [0.25, 0.3) is 0 Å². The Kier molecular flexibility index (Phi) is 5.75. The van der Waals surface area contributed by atoms with Crippen LogP contribution in [0.3, 0.4) is 0 Å². The number of hydrogen-bond donors (Lipinski definition) is 0. The number of esters is 1. The average Bonchev–Trinajstić information content (AvgIpc) is 2.88. The van der Waals surface area contributed by atoms with Crippen molar-refractivity contribution in [2.45, 2.75) is 51.7 Å². The third-order valence-corrected chi connectivity index (χ3v) is 4.09. The minimum atomic E-state index is -0.514. The number of halogens is 1. The summed E-state index contributed by atoms with van der Waals surface area (Å²) in [6.45, 7) is 8.15. The Bertz CT molecular complexity index is 611. The second kappa shape index (κ2) is 7.43. The quantitative estimate of drug-likeness (QED) is 0.605. The van der Waals surface area contributed by atoms with Crippen molar-refractivity contribution in [2.75, 3.05) is 12.6 Å². The number of carbonyl (C=O) groups is 2. The van der Waals surface area contributed by atoms with Crippen LogP contribution in [0.25, 0.3) is 0 Å².